The van der Waals surface area contributed by atoms with Crippen LogP contribution in [0.25, 0.3) is 0 Å². The Bertz CT molecular complexity index is 1200. The number of amides is 2. The molecule has 7 nitrogen and oxygen atoms in total. The van der Waals surface area contributed by atoms with Crippen molar-refractivity contribution in [3.05, 3.63) is 59.7 Å². The van der Waals surface area contributed by atoms with E-state index in [0.29, 0.717) is 22.8 Å². The lowest BCUT2D eigenvalue weighted by molar-refractivity contribution is -0.135. The van der Waals surface area contributed by atoms with Gasteiger partial charge in [-0.25, -0.2) is 0 Å². The number of rotatable bonds is 9. The minimum absolute atomic E-state index is 0.00644. The maximum atomic E-state index is 13.6. The van der Waals surface area contributed by atoms with Crippen LogP contribution in [0.2, 0.25) is 0 Å². The molecule has 1 aliphatic heterocycles. The molecular formula is C33H47N3O4S. The molecule has 1 heterocycles. The first-order valence-corrected chi connectivity index (χ1v) is 15.9. The number of aliphatic hydroxyl groups excluding tert-OH is 1. The lowest BCUT2D eigenvalue weighted by Crippen LogP contribution is -2.62. The van der Waals surface area contributed by atoms with Crippen LogP contribution in [-0.2, 0) is 4.79 Å². The molecule has 1 aliphatic carbocycles. The van der Waals surface area contributed by atoms with Gasteiger partial charge in [0, 0.05) is 40.4 Å². The number of piperidine rings is 1. The Morgan fingerprint density at radius 3 is 2.56 bits per heavy atom. The van der Waals surface area contributed by atoms with Gasteiger partial charge in [0.2, 0.25) is 5.91 Å². The van der Waals surface area contributed by atoms with Crippen LogP contribution in [0.15, 0.2) is 53.4 Å². The highest BCUT2D eigenvalue weighted by atomic mass is 32.2. The standard InChI is InChI=1S/C33H47N3O4S/c1-22-25(15-11-16-28(22)37)30(39)34-26(20-41-24-13-7-6-8-14-24)29(38)19-36-21-33(5)17-10-9-12-23(33)18-27(36)31(40)35-32(2,3)4/h6-8,11,13-16,23,26-27,29,37-38H,9-10,12,17-21H2,1-5H3,(H,34,39)(H,35,40)/t23-,26-,27-,29+,33+/m0/s1. The molecule has 224 valence electrons. The largest absolute Gasteiger partial charge is 0.508 e. The molecule has 1 saturated carbocycles. The second-order valence-electron chi connectivity index (χ2n) is 13.2. The molecule has 4 N–H and O–H groups in total. The predicted octanol–water partition coefficient (Wildman–Crippen LogP) is 5.14. The zero-order valence-electron chi connectivity index (χ0n) is 25.2. The fourth-order valence-electron chi connectivity index (χ4n) is 6.43. The number of likely N-dealkylation sites (tertiary alicyclic amines) is 1. The molecule has 0 radical (unpaired) electrons. The number of benzene rings is 2. The summed E-state index contributed by atoms with van der Waals surface area (Å²) in [6, 6.07) is 13.9. The number of carbonyl (C=O) groups is 2. The first kappa shape index (κ1) is 31.4. The van der Waals surface area contributed by atoms with Crippen molar-refractivity contribution >= 4 is 23.6 Å². The Balaban J connectivity index is 1.57. The van der Waals surface area contributed by atoms with Crippen molar-refractivity contribution in [3.63, 3.8) is 0 Å². The molecule has 2 aromatic carbocycles. The number of aliphatic hydroxyl groups is 1. The molecular weight excluding hydrogens is 534 g/mol. The number of carbonyl (C=O) groups excluding carboxylic acids is 2. The smallest absolute Gasteiger partial charge is 0.252 e. The van der Waals surface area contributed by atoms with Gasteiger partial charge in [0.05, 0.1) is 18.2 Å². The number of nitrogens with one attached hydrogen (secondary N) is 2. The van der Waals surface area contributed by atoms with E-state index in [2.05, 4.69) is 22.5 Å². The van der Waals surface area contributed by atoms with Crippen molar-refractivity contribution in [2.24, 2.45) is 11.3 Å². The van der Waals surface area contributed by atoms with Gasteiger partial charge in [0.25, 0.3) is 5.91 Å². The maximum Gasteiger partial charge on any atom is 0.252 e. The number of aromatic hydroxyl groups is 1. The molecule has 5 atom stereocenters. The van der Waals surface area contributed by atoms with E-state index in [0.717, 1.165) is 30.7 Å². The highest BCUT2D eigenvalue weighted by molar-refractivity contribution is 7.99. The molecule has 4 rings (SSSR count). The molecule has 0 spiro atoms. The van der Waals surface area contributed by atoms with Gasteiger partial charge >= 0.3 is 0 Å². The average Bonchev–Trinajstić information content (AvgIpc) is 2.91. The second-order valence-corrected chi connectivity index (χ2v) is 14.3. The number of β-amino-alcohol motifs (C(OH)–C–C–N with tert-alkyl or cyclic N) is 1. The van der Waals surface area contributed by atoms with E-state index in [1.165, 1.54) is 12.8 Å². The van der Waals surface area contributed by atoms with Crippen LogP contribution in [0, 0.1) is 18.3 Å². The molecule has 41 heavy (non-hydrogen) atoms. The highest BCUT2D eigenvalue weighted by Crippen LogP contribution is 2.47. The molecule has 0 aromatic heterocycles. The SMILES string of the molecule is Cc1c(O)cccc1C(=O)N[C@@H](CSc1ccccc1)[C@H](O)CN1C[C@@]2(C)CCCC[C@H]2C[C@H]1C(=O)NC(C)(C)C. The molecule has 8 heteroatoms. The van der Waals surface area contributed by atoms with Gasteiger partial charge in [0.1, 0.15) is 5.75 Å². The van der Waals surface area contributed by atoms with Crippen molar-refractivity contribution < 1.29 is 19.8 Å². The third kappa shape index (κ3) is 8.05. The first-order valence-electron chi connectivity index (χ1n) is 14.9. The van der Waals surface area contributed by atoms with Gasteiger partial charge in [-0.15, -0.1) is 11.8 Å². The zero-order valence-corrected chi connectivity index (χ0v) is 26.0. The summed E-state index contributed by atoms with van der Waals surface area (Å²) in [4.78, 5) is 30.2. The van der Waals surface area contributed by atoms with Crippen LogP contribution in [-0.4, -0.2) is 69.5 Å². The van der Waals surface area contributed by atoms with Crippen molar-refractivity contribution in [3.8, 4) is 5.75 Å². The van der Waals surface area contributed by atoms with Crippen molar-refractivity contribution in [2.75, 3.05) is 18.8 Å². The summed E-state index contributed by atoms with van der Waals surface area (Å²) in [7, 11) is 0. The topological polar surface area (TPSA) is 102 Å². The first-order chi connectivity index (χ1) is 19.4. The molecule has 2 amide bonds. The van der Waals surface area contributed by atoms with Gasteiger partial charge < -0.3 is 20.8 Å². The number of phenolic OH excluding ortho intramolecular Hbond substituents is 1. The van der Waals surface area contributed by atoms with Gasteiger partial charge in [-0.05, 0) is 82.6 Å². The number of nitrogens with zero attached hydrogens (tertiary/aromatic N) is 1. The lowest BCUT2D eigenvalue weighted by atomic mass is 9.62. The Morgan fingerprint density at radius 1 is 1.12 bits per heavy atom. The third-order valence-electron chi connectivity index (χ3n) is 8.77. The van der Waals surface area contributed by atoms with Crippen LogP contribution in [0.4, 0.5) is 0 Å². The molecule has 0 unspecified atom stereocenters. The summed E-state index contributed by atoms with van der Waals surface area (Å²) < 4.78 is 0. The van der Waals surface area contributed by atoms with Gasteiger partial charge in [0.15, 0.2) is 0 Å². The average molecular weight is 582 g/mol. The van der Waals surface area contributed by atoms with E-state index in [4.69, 9.17) is 0 Å². The zero-order chi connectivity index (χ0) is 29.8. The Kier molecular flexibility index (Phi) is 10.1. The fraction of sp³-hybridized carbons (Fsp3) is 0.576. The number of fused-ring (bicyclic) bond motifs is 1. The summed E-state index contributed by atoms with van der Waals surface area (Å²) in [5.74, 6) is 0.674. The summed E-state index contributed by atoms with van der Waals surface area (Å²) >= 11 is 1.57. The Labute approximate surface area is 249 Å². The molecule has 1 saturated heterocycles. The summed E-state index contributed by atoms with van der Waals surface area (Å²) in [6.45, 7) is 11.1. The number of thioether (sulfide) groups is 1. The minimum Gasteiger partial charge on any atom is -0.508 e. The minimum atomic E-state index is -0.901. The second kappa shape index (κ2) is 13.2. The van der Waals surface area contributed by atoms with E-state index in [1.807, 2.05) is 51.1 Å². The molecule has 2 aliphatic rings. The normalized spacial score (nSPS) is 24.6. The summed E-state index contributed by atoms with van der Waals surface area (Å²) in [5.41, 5.74) is 0.633. The van der Waals surface area contributed by atoms with Crippen molar-refractivity contribution in [2.45, 2.75) is 95.3 Å². The number of phenols is 1. The molecule has 2 fully saturated rings. The highest BCUT2D eigenvalue weighted by Gasteiger charge is 2.47. The summed E-state index contributed by atoms with van der Waals surface area (Å²) in [6.07, 6.45) is 4.54. The predicted molar refractivity (Wildman–Crippen MR) is 165 cm³/mol. The van der Waals surface area contributed by atoms with Crippen LogP contribution in [0.3, 0.4) is 0 Å². The Morgan fingerprint density at radius 2 is 1.85 bits per heavy atom. The number of hydrogen-bond acceptors (Lipinski definition) is 6. The molecule has 0 bridgehead atoms. The van der Waals surface area contributed by atoms with Gasteiger partial charge in [-0.2, -0.15) is 0 Å². The fourth-order valence-corrected chi connectivity index (χ4v) is 7.45. The van der Waals surface area contributed by atoms with Crippen molar-refractivity contribution in [1.29, 1.82) is 0 Å². The number of hydrogen-bond donors (Lipinski definition) is 4. The molecule has 2 aromatic rings. The van der Waals surface area contributed by atoms with Crippen LogP contribution in [0.1, 0.15) is 75.7 Å². The third-order valence-corrected chi connectivity index (χ3v) is 9.91. The van der Waals surface area contributed by atoms with E-state index >= 15 is 0 Å². The van der Waals surface area contributed by atoms with E-state index in [-0.39, 0.29) is 41.1 Å². The van der Waals surface area contributed by atoms with Crippen LogP contribution >= 0.6 is 11.8 Å². The van der Waals surface area contributed by atoms with Crippen LogP contribution in [0.5, 0.6) is 5.75 Å². The monoisotopic (exact) mass is 581 g/mol. The van der Waals surface area contributed by atoms with Gasteiger partial charge in [-0.3, -0.25) is 14.5 Å². The summed E-state index contributed by atoms with van der Waals surface area (Å²) in [5, 5.41) is 28.1. The van der Waals surface area contributed by atoms with Crippen molar-refractivity contribution in [1.82, 2.24) is 15.5 Å². The quantitative estimate of drug-likeness (QED) is 0.306. The lowest BCUT2D eigenvalue weighted by Gasteiger charge is -2.53. The van der Waals surface area contributed by atoms with E-state index in [1.54, 1.807) is 36.9 Å². The van der Waals surface area contributed by atoms with E-state index in [9.17, 15) is 19.8 Å². The Hall–Kier alpha value is -2.55. The van der Waals surface area contributed by atoms with E-state index < -0.39 is 12.1 Å². The maximum absolute atomic E-state index is 13.6. The van der Waals surface area contributed by atoms with Crippen LogP contribution < -0.4 is 10.6 Å². The van der Waals surface area contributed by atoms with Gasteiger partial charge in [-0.1, -0.05) is 44.0 Å².